The van der Waals surface area contributed by atoms with Gasteiger partial charge in [-0.3, -0.25) is 9.59 Å². The number of hydrogen-bond donors (Lipinski definition) is 2. The lowest BCUT2D eigenvalue weighted by Gasteiger charge is -2.24. The van der Waals surface area contributed by atoms with Gasteiger partial charge in [0.2, 0.25) is 5.91 Å². The minimum atomic E-state index is -0.349. The Morgan fingerprint density at radius 2 is 1.68 bits per heavy atom. The van der Waals surface area contributed by atoms with E-state index in [1.807, 2.05) is 64.1 Å². The molecule has 0 radical (unpaired) electrons. The molecule has 0 fully saturated rings. The lowest BCUT2D eigenvalue weighted by molar-refractivity contribution is -0.121. The summed E-state index contributed by atoms with van der Waals surface area (Å²) in [4.78, 5) is 27.1. The average Bonchev–Trinajstić information content (AvgIpc) is 2.68. The van der Waals surface area contributed by atoms with E-state index in [9.17, 15) is 14.7 Å². The molecule has 0 aliphatic heterocycles. The molecule has 5 heteroatoms. The zero-order valence-corrected chi connectivity index (χ0v) is 17.3. The number of nitrogens with one attached hydrogen (secondary N) is 1. The Labute approximate surface area is 167 Å². The fraction of sp³-hybridized carbons (Fsp3) is 0.391. The highest BCUT2D eigenvalue weighted by atomic mass is 16.3. The molecule has 0 spiro atoms. The number of benzene rings is 2. The van der Waals surface area contributed by atoms with Crippen LogP contribution in [0.2, 0.25) is 0 Å². The fourth-order valence-electron chi connectivity index (χ4n) is 2.94. The van der Waals surface area contributed by atoms with Crippen molar-refractivity contribution in [2.45, 2.75) is 40.7 Å². The topological polar surface area (TPSA) is 69.6 Å². The van der Waals surface area contributed by atoms with E-state index in [2.05, 4.69) is 5.32 Å². The number of aliphatic hydroxyl groups excluding tert-OH is 1. The summed E-state index contributed by atoms with van der Waals surface area (Å²) in [6, 6.07) is 13.2. The van der Waals surface area contributed by atoms with Gasteiger partial charge in [0.1, 0.15) is 0 Å². The van der Waals surface area contributed by atoms with Crippen LogP contribution in [0.25, 0.3) is 11.1 Å². The standard InChI is InChI=1S/C23H30N2O3/c1-6-25(23(28)15(2)3)21-12-19(18-9-7-16(4)8-10-18)11-20(13-21)22(27)24-17(5)14-26/h7-13,15,17,26H,6,14H2,1-5H3,(H,24,27). The molecule has 2 N–H and O–H groups in total. The third kappa shape index (κ3) is 5.20. The molecule has 0 aliphatic carbocycles. The smallest absolute Gasteiger partial charge is 0.251 e. The number of nitrogens with zero attached hydrogens (tertiary/aromatic N) is 1. The maximum Gasteiger partial charge on any atom is 0.251 e. The molecular formula is C23H30N2O3. The highest BCUT2D eigenvalue weighted by molar-refractivity contribution is 6.00. The van der Waals surface area contributed by atoms with E-state index in [4.69, 9.17) is 0 Å². The van der Waals surface area contributed by atoms with Gasteiger partial charge in [0, 0.05) is 29.8 Å². The molecule has 0 saturated carbocycles. The van der Waals surface area contributed by atoms with Crippen LogP contribution in [0.1, 0.15) is 43.6 Å². The van der Waals surface area contributed by atoms with Crippen molar-refractivity contribution in [1.29, 1.82) is 0 Å². The van der Waals surface area contributed by atoms with Gasteiger partial charge in [0.25, 0.3) is 5.91 Å². The van der Waals surface area contributed by atoms with Crippen molar-refractivity contribution < 1.29 is 14.7 Å². The second kappa shape index (κ2) is 9.51. The van der Waals surface area contributed by atoms with Crippen molar-refractivity contribution in [2.75, 3.05) is 18.1 Å². The van der Waals surface area contributed by atoms with Gasteiger partial charge in [0.05, 0.1) is 6.61 Å². The third-order valence-corrected chi connectivity index (χ3v) is 4.60. The lowest BCUT2D eigenvalue weighted by Crippen LogP contribution is -2.36. The number of anilines is 1. The molecule has 5 nitrogen and oxygen atoms in total. The molecule has 0 saturated heterocycles. The SMILES string of the molecule is CCN(C(=O)C(C)C)c1cc(C(=O)NC(C)CO)cc(-c2ccc(C)cc2)c1. The molecule has 0 bridgehead atoms. The number of hydrogen-bond acceptors (Lipinski definition) is 3. The largest absolute Gasteiger partial charge is 0.394 e. The zero-order valence-electron chi connectivity index (χ0n) is 17.3. The van der Waals surface area contributed by atoms with Crippen LogP contribution in [-0.4, -0.2) is 36.1 Å². The maximum atomic E-state index is 12.7. The number of rotatable bonds is 7. The summed E-state index contributed by atoms with van der Waals surface area (Å²) in [6.07, 6.45) is 0. The molecule has 150 valence electrons. The van der Waals surface area contributed by atoms with Crippen LogP contribution in [-0.2, 0) is 4.79 Å². The van der Waals surface area contributed by atoms with Gasteiger partial charge in [-0.05, 0) is 50.1 Å². The van der Waals surface area contributed by atoms with Gasteiger partial charge in [-0.2, -0.15) is 0 Å². The summed E-state index contributed by atoms with van der Waals surface area (Å²) in [5.41, 5.74) is 4.16. The van der Waals surface area contributed by atoms with Gasteiger partial charge >= 0.3 is 0 Å². The summed E-state index contributed by atoms with van der Waals surface area (Å²) >= 11 is 0. The number of carbonyl (C=O) groups excluding carboxylic acids is 2. The molecule has 2 rings (SSSR count). The highest BCUT2D eigenvalue weighted by Crippen LogP contribution is 2.28. The van der Waals surface area contributed by atoms with Crippen molar-refractivity contribution in [3.8, 4) is 11.1 Å². The monoisotopic (exact) mass is 382 g/mol. The molecule has 0 aliphatic rings. The maximum absolute atomic E-state index is 12.7. The molecule has 1 atom stereocenters. The minimum absolute atomic E-state index is 0.0126. The van der Waals surface area contributed by atoms with E-state index >= 15 is 0 Å². The van der Waals surface area contributed by atoms with Crippen molar-refractivity contribution >= 4 is 17.5 Å². The molecule has 2 amide bonds. The van der Waals surface area contributed by atoms with Crippen LogP contribution in [0.4, 0.5) is 5.69 Å². The van der Waals surface area contributed by atoms with Gasteiger partial charge in [-0.15, -0.1) is 0 Å². The lowest BCUT2D eigenvalue weighted by atomic mass is 9.99. The van der Waals surface area contributed by atoms with Crippen molar-refractivity contribution in [3.63, 3.8) is 0 Å². The van der Waals surface area contributed by atoms with E-state index in [1.165, 1.54) is 0 Å². The first kappa shape index (κ1) is 21.6. The van der Waals surface area contributed by atoms with E-state index in [0.29, 0.717) is 17.8 Å². The second-order valence-electron chi connectivity index (χ2n) is 7.43. The summed E-state index contributed by atoms with van der Waals surface area (Å²) < 4.78 is 0. The first-order valence-electron chi connectivity index (χ1n) is 9.72. The Morgan fingerprint density at radius 3 is 2.21 bits per heavy atom. The summed E-state index contributed by atoms with van der Waals surface area (Å²) in [7, 11) is 0. The van der Waals surface area contributed by atoms with E-state index in [1.54, 1.807) is 17.9 Å². The van der Waals surface area contributed by atoms with E-state index in [-0.39, 0.29) is 30.4 Å². The molecule has 0 aromatic heterocycles. The van der Waals surface area contributed by atoms with Gasteiger partial charge in [-0.1, -0.05) is 43.7 Å². The van der Waals surface area contributed by atoms with Gasteiger partial charge < -0.3 is 15.3 Å². The summed E-state index contributed by atoms with van der Waals surface area (Å²) in [6.45, 7) is 9.80. The Morgan fingerprint density at radius 1 is 1.04 bits per heavy atom. The predicted octanol–water partition coefficient (Wildman–Crippen LogP) is 3.78. The summed E-state index contributed by atoms with van der Waals surface area (Å²) in [5.74, 6) is -0.405. The van der Waals surface area contributed by atoms with Crippen LogP contribution in [0, 0.1) is 12.8 Å². The summed E-state index contributed by atoms with van der Waals surface area (Å²) in [5, 5.41) is 12.0. The van der Waals surface area contributed by atoms with Crippen LogP contribution in [0.3, 0.4) is 0 Å². The predicted molar refractivity (Wildman–Crippen MR) is 113 cm³/mol. The molecule has 2 aromatic carbocycles. The van der Waals surface area contributed by atoms with E-state index < -0.39 is 0 Å². The molecule has 28 heavy (non-hydrogen) atoms. The Hall–Kier alpha value is -2.66. The first-order chi connectivity index (χ1) is 13.3. The Kier molecular flexibility index (Phi) is 7.35. The van der Waals surface area contributed by atoms with Crippen LogP contribution in [0.5, 0.6) is 0 Å². The first-order valence-corrected chi connectivity index (χ1v) is 9.72. The number of amides is 2. The van der Waals surface area contributed by atoms with Crippen LogP contribution >= 0.6 is 0 Å². The molecule has 1 unspecified atom stereocenters. The highest BCUT2D eigenvalue weighted by Gasteiger charge is 2.20. The Bertz CT molecular complexity index is 828. The quantitative estimate of drug-likeness (QED) is 0.766. The fourth-order valence-corrected chi connectivity index (χ4v) is 2.94. The number of aliphatic hydroxyl groups is 1. The van der Waals surface area contributed by atoms with E-state index in [0.717, 1.165) is 16.7 Å². The minimum Gasteiger partial charge on any atom is -0.394 e. The average molecular weight is 383 g/mol. The molecule has 2 aromatic rings. The van der Waals surface area contributed by atoms with Gasteiger partial charge in [-0.25, -0.2) is 0 Å². The molecular weight excluding hydrogens is 352 g/mol. The molecule has 0 heterocycles. The Balaban J connectivity index is 2.55. The van der Waals surface area contributed by atoms with Crippen molar-refractivity contribution in [2.24, 2.45) is 5.92 Å². The van der Waals surface area contributed by atoms with Crippen LogP contribution < -0.4 is 10.2 Å². The van der Waals surface area contributed by atoms with Crippen molar-refractivity contribution in [3.05, 3.63) is 53.6 Å². The van der Waals surface area contributed by atoms with Gasteiger partial charge in [0.15, 0.2) is 0 Å². The van der Waals surface area contributed by atoms with Crippen molar-refractivity contribution in [1.82, 2.24) is 5.32 Å². The van der Waals surface area contributed by atoms with Crippen LogP contribution in [0.15, 0.2) is 42.5 Å². The number of carbonyl (C=O) groups is 2. The normalized spacial score (nSPS) is 12.0. The second-order valence-corrected chi connectivity index (χ2v) is 7.43. The zero-order chi connectivity index (χ0) is 20.8. The third-order valence-electron chi connectivity index (χ3n) is 4.60. The number of aryl methyl sites for hydroxylation is 1.